The van der Waals surface area contributed by atoms with Gasteiger partial charge >= 0.3 is 0 Å². The highest BCUT2D eigenvalue weighted by Crippen LogP contribution is 2.34. The van der Waals surface area contributed by atoms with Crippen LogP contribution in [0.5, 0.6) is 0 Å². The van der Waals surface area contributed by atoms with Gasteiger partial charge in [-0.25, -0.2) is 0 Å². The summed E-state index contributed by atoms with van der Waals surface area (Å²) < 4.78 is 11.1. The Bertz CT molecular complexity index is 448. The minimum Gasteiger partial charge on any atom is -0.384 e. The third-order valence-electron chi connectivity index (χ3n) is 4.29. The van der Waals surface area contributed by atoms with Crippen molar-refractivity contribution in [3.8, 4) is 0 Å². The van der Waals surface area contributed by atoms with Crippen LogP contribution in [0.3, 0.4) is 0 Å². The van der Waals surface area contributed by atoms with Crippen LogP contribution in [0.1, 0.15) is 18.4 Å². The first-order chi connectivity index (χ1) is 9.78. The van der Waals surface area contributed by atoms with E-state index in [1.165, 1.54) is 0 Å². The van der Waals surface area contributed by atoms with Gasteiger partial charge in [-0.1, -0.05) is 0 Å². The molecule has 2 fully saturated rings. The number of fused-ring (bicyclic) bond motifs is 1. The predicted molar refractivity (Wildman–Crippen MR) is 77.9 cm³/mol. The number of hydrogen-bond acceptors (Lipinski definition) is 4. The van der Waals surface area contributed by atoms with Crippen LogP contribution in [0.2, 0.25) is 0 Å². The molecule has 2 heterocycles. The standard InChI is InChI=1S/C15H21NO3S/c1-18-9-12-6-13-14(7-12)19-4-3-16(13)15(17)8-11-2-5-20-10-11/h2,5,10,12-14H,3-4,6-9H2,1H3. The molecule has 3 unspecified atom stereocenters. The molecule has 0 N–H and O–H groups in total. The van der Waals surface area contributed by atoms with Gasteiger partial charge in [0.15, 0.2) is 0 Å². The molecule has 1 aliphatic heterocycles. The number of hydrogen-bond donors (Lipinski definition) is 0. The number of thiophene rings is 1. The summed E-state index contributed by atoms with van der Waals surface area (Å²) in [5, 5.41) is 4.08. The maximum Gasteiger partial charge on any atom is 0.227 e. The number of methoxy groups -OCH3 is 1. The molecule has 5 heteroatoms. The molecule has 1 aromatic rings. The van der Waals surface area contributed by atoms with Crippen molar-refractivity contribution in [2.45, 2.75) is 31.4 Å². The summed E-state index contributed by atoms with van der Waals surface area (Å²) in [5.74, 6) is 0.754. The smallest absolute Gasteiger partial charge is 0.227 e. The molecule has 0 radical (unpaired) electrons. The molecule has 4 nitrogen and oxygen atoms in total. The average molecular weight is 295 g/mol. The molecular formula is C15H21NO3S. The van der Waals surface area contributed by atoms with E-state index >= 15 is 0 Å². The van der Waals surface area contributed by atoms with E-state index in [1.807, 2.05) is 16.3 Å². The van der Waals surface area contributed by atoms with Gasteiger partial charge in [-0.05, 0) is 41.1 Å². The Hall–Kier alpha value is -0.910. The lowest BCUT2D eigenvalue weighted by atomic mass is 10.1. The minimum absolute atomic E-state index is 0.204. The molecule has 1 amide bonds. The molecule has 1 aliphatic carbocycles. The molecular weight excluding hydrogens is 274 g/mol. The molecule has 3 atom stereocenters. The maximum atomic E-state index is 12.5. The number of ether oxygens (including phenoxy) is 2. The van der Waals surface area contributed by atoms with Gasteiger partial charge in [-0.3, -0.25) is 4.79 Å². The lowest BCUT2D eigenvalue weighted by Gasteiger charge is -2.37. The molecule has 0 bridgehead atoms. The monoisotopic (exact) mass is 295 g/mol. The van der Waals surface area contributed by atoms with Crippen molar-refractivity contribution in [2.75, 3.05) is 26.9 Å². The zero-order valence-corrected chi connectivity index (χ0v) is 12.6. The van der Waals surface area contributed by atoms with Crippen LogP contribution in [0.4, 0.5) is 0 Å². The fourth-order valence-corrected chi connectivity index (χ4v) is 4.07. The third-order valence-corrected chi connectivity index (χ3v) is 5.02. The van der Waals surface area contributed by atoms with E-state index in [-0.39, 0.29) is 18.1 Å². The fourth-order valence-electron chi connectivity index (χ4n) is 3.40. The van der Waals surface area contributed by atoms with E-state index in [0.717, 1.165) is 31.6 Å². The van der Waals surface area contributed by atoms with Gasteiger partial charge in [0.1, 0.15) is 0 Å². The molecule has 3 rings (SSSR count). The van der Waals surface area contributed by atoms with Crippen LogP contribution in [0, 0.1) is 5.92 Å². The zero-order chi connectivity index (χ0) is 13.9. The second-order valence-electron chi connectivity index (χ2n) is 5.66. The topological polar surface area (TPSA) is 38.8 Å². The summed E-state index contributed by atoms with van der Waals surface area (Å²) in [4.78, 5) is 14.6. The average Bonchev–Trinajstić information content (AvgIpc) is 3.06. The Labute approximate surface area is 123 Å². The van der Waals surface area contributed by atoms with Crippen molar-refractivity contribution in [1.82, 2.24) is 4.90 Å². The van der Waals surface area contributed by atoms with E-state index in [9.17, 15) is 4.79 Å². The number of carbonyl (C=O) groups excluding carboxylic acids is 1. The number of rotatable bonds is 4. The van der Waals surface area contributed by atoms with Gasteiger partial charge in [0, 0.05) is 20.3 Å². The highest BCUT2D eigenvalue weighted by atomic mass is 32.1. The van der Waals surface area contributed by atoms with Crippen LogP contribution in [-0.4, -0.2) is 49.8 Å². The van der Waals surface area contributed by atoms with Gasteiger partial charge in [0.05, 0.1) is 25.2 Å². The summed E-state index contributed by atoms with van der Waals surface area (Å²) in [5.41, 5.74) is 1.12. The van der Waals surface area contributed by atoms with Crippen LogP contribution in [-0.2, 0) is 20.7 Å². The Morgan fingerprint density at radius 3 is 3.20 bits per heavy atom. The van der Waals surface area contributed by atoms with Crippen molar-refractivity contribution >= 4 is 17.2 Å². The Balaban J connectivity index is 1.65. The highest BCUT2D eigenvalue weighted by Gasteiger charge is 2.42. The first-order valence-corrected chi connectivity index (χ1v) is 8.13. The van der Waals surface area contributed by atoms with E-state index in [1.54, 1.807) is 18.4 Å². The molecule has 0 spiro atoms. The molecule has 1 saturated carbocycles. The van der Waals surface area contributed by atoms with Crippen LogP contribution in [0.25, 0.3) is 0 Å². The summed E-state index contributed by atoms with van der Waals surface area (Å²) in [6, 6.07) is 2.28. The Morgan fingerprint density at radius 2 is 2.45 bits per heavy atom. The van der Waals surface area contributed by atoms with Crippen molar-refractivity contribution in [2.24, 2.45) is 5.92 Å². The quantitative estimate of drug-likeness (QED) is 0.852. The van der Waals surface area contributed by atoms with E-state index in [4.69, 9.17) is 9.47 Å². The molecule has 20 heavy (non-hydrogen) atoms. The third kappa shape index (κ3) is 2.90. The summed E-state index contributed by atoms with van der Waals surface area (Å²) in [6.07, 6.45) is 2.74. The molecule has 2 aliphatic rings. The largest absolute Gasteiger partial charge is 0.384 e. The van der Waals surface area contributed by atoms with Crippen molar-refractivity contribution < 1.29 is 14.3 Å². The number of carbonyl (C=O) groups is 1. The van der Waals surface area contributed by atoms with Gasteiger partial charge < -0.3 is 14.4 Å². The van der Waals surface area contributed by atoms with Crippen molar-refractivity contribution in [3.63, 3.8) is 0 Å². The van der Waals surface area contributed by atoms with Gasteiger partial charge in [-0.2, -0.15) is 11.3 Å². The zero-order valence-electron chi connectivity index (χ0n) is 11.8. The second kappa shape index (κ2) is 6.24. The molecule has 110 valence electrons. The van der Waals surface area contributed by atoms with Crippen LogP contribution >= 0.6 is 11.3 Å². The normalized spacial score (nSPS) is 29.4. The number of nitrogens with zero attached hydrogens (tertiary/aromatic N) is 1. The van der Waals surface area contributed by atoms with Crippen LogP contribution < -0.4 is 0 Å². The summed E-state index contributed by atoms with van der Waals surface area (Å²) in [6.45, 7) is 2.16. The van der Waals surface area contributed by atoms with Gasteiger partial charge in [0.2, 0.25) is 5.91 Å². The van der Waals surface area contributed by atoms with E-state index in [0.29, 0.717) is 18.9 Å². The van der Waals surface area contributed by atoms with E-state index < -0.39 is 0 Å². The Kier molecular flexibility index (Phi) is 4.38. The molecule has 0 aromatic carbocycles. The highest BCUT2D eigenvalue weighted by molar-refractivity contribution is 7.07. The molecule has 1 saturated heterocycles. The summed E-state index contributed by atoms with van der Waals surface area (Å²) >= 11 is 1.64. The van der Waals surface area contributed by atoms with Crippen molar-refractivity contribution in [1.29, 1.82) is 0 Å². The lowest BCUT2D eigenvalue weighted by Crippen LogP contribution is -2.51. The van der Waals surface area contributed by atoms with Crippen LogP contribution in [0.15, 0.2) is 16.8 Å². The minimum atomic E-state index is 0.204. The van der Waals surface area contributed by atoms with Gasteiger partial charge in [-0.15, -0.1) is 0 Å². The number of morpholine rings is 1. The maximum absolute atomic E-state index is 12.5. The number of amides is 1. The first kappa shape index (κ1) is 14.0. The summed E-state index contributed by atoms with van der Waals surface area (Å²) in [7, 11) is 1.74. The SMILES string of the molecule is COCC1CC2OCCN(C(=O)Cc3ccsc3)C2C1. The molecule has 1 aromatic heterocycles. The fraction of sp³-hybridized carbons (Fsp3) is 0.667. The van der Waals surface area contributed by atoms with Gasteiger partial charge in [0.25, 0.3) is 0 Å². The van der Waals surface area contributed by atoms with E-state index in [2.05, 4.69) is 5.38 Å². The predicted octanol–water partition coefficient (Wildman–Crippen LogP) is 1.94. The first-order valence-electron chi connectivity index (χ1n) is 7.19. The Morgan fingerprint density at radius 1 is 1.55 bits per heavy atom. The van der Waals surface area contributed by atoms with Crippen molar-refractivity contribution in [3.05, 3.63) is 22.4 Å². The second-order valence-corrected chi connectivity index (χ2v) is 6.44. The lowest BCUT2D eigenvalue weighted by molar-refractivity contribution is -0.143.